The van der Waals surface area contributed by atoms with E-state index >= 15 is 0 Å². The minimum Gasteiger partial charge on any atom is -0.508 e. The molecule has 0 radical (unpaired) electrons. The molecule has 0 spiro atoms. The molecule has 0 saturated carbocycles. The van der Waals surface area contributed by atoms with Crippen LogP contribution in [0, 0.1) is 6.92 Å². The van der Waals surface area contributed by atoms with Gasteiger partial charge in [0.2, 0.25) is 6.23 Å². The van der Waals surface area contributed by atoms with Crippen LogP contribution >= 0.6 is 0 Å². The van der Waals surface area contributed by atoms with Crippen LogP contribution in [0.4, 0.5) is 5.69 Å². The summed E-state index contributed by atoms with van der Waals surface area (Å²) < 4.78 is 5.31. The number of aryl methyl sites for hydroxylation is 1. The molecule has 1 aliphatic rings. The number of ether oxygens (including phenoxy) is 1. The van der Waals surface area contributed by atoms with Crippen molar-refractivity contribution in [3.8, 4) is 5.75 Å². The number of fused-ring (bicyclic) bond motifs is 1. The fraction of sp³-hybridized carbons (Fsp3) is 0.133. The molecule has 4 heteroatoms. The number of hydrogen-bond donors (Lipinski definition) is 2. The first-order valence-corrected chi connectivity index (χ1v) is 6.01. The summed E-state index contributed by atoms with van der Waals surface area (Å²) >= 11 is 0. The van der Waals surface area contributed by atoms with Crippen molar-refractivity contribution in [2.24, 2.45) is 0 Å². The average Bonchev–Trinajstić information content (AvgIpc) is 2.71. The lowest BCUT2D eigenvalue weighted by atomic mass is 10.1. The Bertz CT molecular complexity index is 652. The van der Waals surface area contributed by atoms with Crippen molar-refractivity contribution < 1.29 is 14.6 Å². The van der Waals surface area contributed by atoms with E-state index in [1.165, 1.54) is 0 Å². The van der Waals surface area contributed by atoms with E-state index in [-0.39, 0.29) is 11.7 Å². The summed E-state index contributed by atoms with van der Waals surface area (Å²) in [6, 6.07) is 12.3. The second-order valence-corrected chi connectivity index (χ2v) is 4.52. The molecule has 0 aromatic heterocycles. The first-order chi connectivity index (χ1) is 9.15. The summed E-state index contributed by atoms with van der Waals surface area (Å²) in [6.07, 6.45) is -0.480. The van der Waals surface area contributed by atoms with Gasteiger partial charge in [0.1, 0.15) is 5.75 Å². The van der Waals surface area contributed by atoms with Crippen LogP contribution in [0.15, 0.2) is 42.5 Å². The van der Waals surface area contributed by atoms with Crippen molar-refractivity contribution in [3.63, 3.8) is 0 Å². The Balaban J connectivity index is 1.91. The van der Waals surface area contributed by atoms with Crippen LogP contribution in [0.1, 0.15) is 27.7 Å². The largest absolute Gasteiger partial charge is 0.508 e. The lowest BCUT2D eigenvalue weighted by Gasteiger charge is -2.16. The average molecular weight is 255 g/mol. The predicted octanol–water partition coefficient (Wildman–Crippen LogP) is 2.98. The van der Waals surface area contributed by atoms with Gasteiger partial charge in [-0.25, -0.2) is 4.79 Å². The predicted molar refractivity (Wildman–Crippen MR) is 71.1 cm³/mol. The maximum absolute atomic E-state index is 11.7. The molecule has 0 fully saturated rings. The number of anilines is 1. The van der Waals surface area contributed by atoms with E-state index in [9.17, 15) is 9.90 Å². The molecule has 1 unspecified atom stereocenters. The van der Waals surface area contributed by atoms with Gasteiger partial charge in [0.25, 0.3) is 0 Å². The third kappa shape index (κ3) is 2.01. The zero-order chi connectivity index (χ0) is 13.4. The third-order valence-corrected chi connectivity index (χ3v) is 3.18. The fourth-order valence-electron chi connectivity index (χ4n) is 2.20. The maximum atomic E-state index is 11.7. The van der Waals surface area contributed by atoms with E-state index in [0.29, 0.717) is 5.56 Å². The van der Waals surface area contributed by atoms with Gasteiger partial charge in [-0.2, -0.15) is 0 Å². The molecular formula is C15H13NO3. The number of aromatic hydroxyl groups is 1. The van der Waals surface area contributed by atoms with Gasteiger partial charge in [0.05, 0.1) is 5.56 Å². The Morgan fingerprint density at radius 3 is 2.79 bits per heavy atom. The Labute approximate surface area is 110 Å². The fourth-order valence-corrected chi connectivity index (χ4v) is 2.20. The lowest BCUT2D eigenvalue weighted by molar-refractivity contribution is 0.0437. The number of hydrogen-bond acceptors (Lipinski definition) is 4. The van der Waals surface area contributed by atoms with Crippen LogP contribution in [0.3, 0.4) is 0 Å². The van der Waals surface area contributed by atoms with Gasteiger partial charge in [-0.3, -0.25) is 0 Å². The number of phenols is 1. The molecule has 2 aromatic carbocycles. The number of phenolic OH excluding ortho intramolecular Hbond substituents is 1. The van der Waals surface area contributed by atoms with Crippen molar-refractivity contribution in [1.29, 1.82) is 0 Å². The monoisotopic (exact) mass is 255 g/mol. The van der Waals surface area contributed by atoms with Crippen LogP contribution in [-0.2, 0) is 4.74 Å². The summed E-state index contributed by atoms with van der Waals surface area (Å²) in [6.45, 7) is 1.88. The SMILES string of the molecule is Cc1cc(O)ccc1NC1OC(=O)c2ccccc21. The van der Waals surface area contributed by atoms with Crippen molar-refractivity contribution in [1.82, 2.24) is 0 Å². The zero-order valence-corrected chi connectivity index (χ0v) is 10.4. The molecular weight excluding hydrogens is 242 g/mol. The number of carbonyl (C=O) groups excluding carboxylic acids is 1. The van der Waals surface area contributed by atoms with Crippen molar-refractivity contribution in [3.05, 3.63) is 59.2 Å². The number of nitrogens with one attached hydrogen (secondary N) is 1. The van der Waals surface area contributed by atoms with Crippen molar-refractivity contribution in [2.45, 2.75) is 13.2 Å². The summed E-state index contributed by atoms with van der Waals surface area (Å²) in [5.74, 6) is -0.101. The van der Waals surface area contributed by atoms with Gasteiger partial charge in [-0.15, -0.1) is 0 Å². The molecule has 4 nitrogen and oxygen atoms in total. The van der Waals surface area contributed by atoms with E-state index < -0.39 is 6.23 Å². The minimum atomic E-state index is -0.480. The number of benzene rings is 2. The molecule has 0 saturated heterocycles. The van der Waals surface area contributed by atoms with Crippen LogP contribution in [0.2, 0.25) is 0 Å². The lowest BCUT2D eigenvalue weighted by Crippen LogP contribution is -2.11. The Hall–Kier alpha value is -2.49. The standard InChI is InChI=1S/C15H13NO3/c1-9-8-10(17)6-7-13(9)16-14-11-4-2-3-5-12(11)15(18)19-14/h2-8,14,16-17H,1H3. The maximum Gasteiger partial charge on any atom is 0.340 e. The summed E-state index contributed by atoms with van der Waals surface area (Å²) in [4.78, 5) is 11.7. The molecule has 0 bridgehead atoms. The molecule has 2 aromatic rings. The summed E-state index contributed by atoms with van der Waals surface area (Å²) in [7, 11) is 0. The molecule has 0 amide bonds. The van der Waals surface area contributed by atoms with Crippen LogP contribution in [0.5, 0.6) is 5.75 Å². The molecule has 2 N–H and O–H groups in total. The molecule has 1 aliphatic heterocycles. The van der Waals surface area contributed by atoms with E-state index in [4.69, 9.17) is 4.74 Å². The highest BCUT2D eigenvalue weighted by molar-refractivity contribution is 5.94. The summed E-state index contributed by atoms with van der Waals surface area (Å²) in [5, 5.41) is 12.6. The van der Waals surface area contributed by atoms with E-state index in [0.717, 1.165) is 16.8 Å². The molecule has 1 atom stereocenters. The molecule has 0 aliphatic carbocycles. The Kier molecular flexibility index (Phi) is 2.63. The van der Waals surface area contributed by atoms with Crippen LogP contribution < -0.4 is 5.32 Å². The quantitative estimate of drug-likeness (QED) is 0.639. The zero-order valence-electron chi connectivity index (χ0n) is 10.4. The van der Waals surface area contributed by atoms with E-state index in [2.05, 4.69) is 5.32 Å². The number of carbonyl (C=O) groups is 1. The smallest absolute Gasteiger partial charge is 0.340 e. The second kappa shape index (κ2) is 4.31. The van der Waals surface area contributed by atoms with Gasteiger partial charge >= 0.3 is 5.97 Å². The number of esters is 1. The van der Waals surface area contributed by atoms with Gasteiger partial charge in [-0.05, 0) is 36.8 Å². The minimum absolute atomic E-state index is 0.215. The third-order valence-electron chi connectivity index (χ3n) is 3.18. The van der Waals surface area contributed by atoms with Crippen molar-refractivity contribution in [2.75, 3.05) is 5.32 Å². The van der Waals surface area contributed by atoms with E-state index in [1.807, 2.05) is 25.1 Å². The topological polar surface area (TPSA) is 58.6 Å². The highest BCUT2D eigenvalue weighted by atomic mass is 16.6. The molecule has 1 heterocycles. The molecule has 96 valence electrons. The van der Waals surface area contributed by atoms with E-state index in [1.54, 1.807) is 24.3 Å². The Morgan fingerprint density at radius 2 is 2.00 bits per heavy atom. The molecule has 3 rings (SSSR count). The Morgan fingerprint density at radius 1 is 1.21 bits per heavy atom. The normalized spacial score (nSPS) is 16.9. The van der Waals surface area contributed by atoms with Crippen LogP contribution in [-0.4, -0.2) is 11.1 Å². The number of rotatable bonds is 2. The van der Waals surface area contributed by atoms with Gasteiger partial charge in [-0.1, -0.05) is 18.2 Å². The second-order valence-electron chi connectivity index (χ2n) is 4.52. The molecule has 19 heavy (non-hydrogen) atoms. The highest BCUT2D eigenvalue weighted by Crippen LogP contribution is 2.32. The first-order valence-electron chi connectivity index (χ1n) is 6.01. The van der Waals surface area contributed by atoms with Gasteiger partial charge in [0, 0.05) is 11.3 Å². The van der Waals surface area contributed by atoms with Crippen molar-refractivity contribution >= 4 is 11.7 Å². The van der Waals surface area contributed by atoms with Gasteiger partial charge in [0.15, 0.2) is 0 Å². The number of cyclic esters (lactones) is 1. The highest BCUT2D eigenvalue weighted by Gasteiger charge is 2.30. The first kappa shape index (κ1) is 11.6. The van der Waals surface area contributed by atoms with Gasteiger partial charge < -0.3 is 15.2 Å². The van der Waals surface area contributed by atoms with Crippen LogP contribution in [0.25, 0.3) is 0 Å². The summed E-state index contributed by atoms with van der Waals surface area (Å²) in [5.41, 5.74) is 3.14.